The van der Waals surface area contributed by atoms with Crippen molar-refractivity contribution in [1.82, 2.24) is 0 Å². The average molecular weight is 414 g/mol. The fourth-order valence-corrected chi connectivity index (χ4v) is 2.97. The number of hydrogen-bond acceptors (Lipinski definition) is 3. The highest BCUT2D eigenvalue weighted by molar-refractivity contribution is 14.1. The van der Waals surface area contributed by atoms with Crippen LogP contribution in [-0.2, 0) is 0 Å². The van der Waals surface area contributed by atoms with E-state index in [4.69, 9.17) is 0 Å². The summed E-state index contributed by atoms with van der Waals surface area (Å²) in [7, 11) is 0. The van der Waals surface area contributed by atoms with Crippen LogP contribution in [0.4, 0.5) is 11.4 Å². The zero-order valence-corrected chi connectivity index (χ0v) is 14.7. The van der Waals surface area contributed by atoms with E-state index in [0.717, 1.165) is 25.9 Å². The average Bonchev–Trinajstić information content (AvgIpc) is 2.56. The summed E-state index contributed by atoms with van der Waals surface area (Å²) in [4.78, 5) is 0. The summed E-state index contributed by atoms with van der Waals surface area (Å²) in [6, 6.07) is 21.3. The van der Waals surface area contributed by atoms with Gasteiger partial charge in [0, 0.05) is 9.13 Å². The first-order valence-corrected chi connectivity index (χ1v) is 8.28. The molecule has 3 aromatic rings. The van der Waals surface area contributed by atoms with Crippen LogP contribution >= 0.6 is 22.6 Å². The molecule has 0 heterocycles. The third-order valence-electron chi connectivity index (χ3n) is 3.46. The molecule has 0 bridgehead atoms. The maximum Gasteiger partial charge on any atom is 0.143 e. The van der Waals surface area contributed by atoms with E-state index in [0.29, 0.717) is 5.69 Å². The van der Waals surface area contributed by atoms with Gasteiger partial charge in [-0.3, -0.25) is 0 Å². The van der Waals surface area contributed by atoms with E-state index in [1.54, 1.807) is 6.07 Å². The summed E-state index contributed by atoms with van der Waals surface area (Å²) in [6.07, 6.45) is 0. The molecule has 0 radical (unpaired) electrons. The largest absolute Gasteiger partial charge is 0.506 e. The molecule has 3 nitrogen and oxygen atoms in total. The molecule has 0 aliphatic heterocycles. The molecule has 0 spiro atoms. The Morgan fingerprint density at radius 1 is 0.783 bits per heavy atom. The number of halogens is 1. The minimum absolute atomic E-state index is 0.131. The van der Waals surface area contributed by atoms with Crippen LogP contribution < -0.4 is 0 Å². The van der Waals surface area contributed by atoms with E-state index in [1.165, 1.54) is 0 Å². The second kappa shape index (κ2) is 6.91. The maximum atomic E-state index is 9.89. The lowest BCUT2D eigenvalue weighted by molar-refractivity contribution is 0.476. The van der Waals surface area contributed by atoms with Gasteiger partial charge in [0.2, 0.25) is 0 Å². The first-order valence-electron chi connectivity index (χ1n) is 7.20. The van der Waals surface area contributed by atoms with Crippen LogP contribution in [0, 0.1) is 10.5 Å². The third-order valence-corrected chi connectivity index (χ3v) is 4.41. The number of phenolic OH excluding ortho intramolecular Hbond substituents is 1. The molecule has 3 rings (SSSR count). The molecule has 0 saturated carbocycles. The van der Waals surface area contributed by atoms with Gasteiger partial charge in [0.05, 0.1) is 5.69 Å². The van der Waals surface area contributed by atoms with Crippen molar-refractivity contribution in [2.75, 3.05) is 0 Å². The van der Waals surface area contributed by atoms with Crippen molar-refractivity contribution in [2.24, 2.45) is 10.2 Å². The monoisotopic (exact) mass is 414 g/mol. The number of phenols is 1. The van der Waals surface area contributed by atoms with Crippen LogP contribution in [0.1, 0.15) is 5.56 Å². The molecule has 4 heteroatoms. The SMILES string of the molecule is Cc1ccc(O)c(N=Nc2ccccc2-c2ccccc2I)c1. The summed E-state index contributed by atoms with van der Waals surface area (Å²) in [5.41, 5.74) is 4.42. The molecule has 0 saturated heterocycles. The standard InChI is InChI=1S/C19H15IN2O/c1-13-10-11-19(23)18(12-13)22-21-17-9-5-3-7-15(17)14-6-2-4-8-16(14)20/h2-12,23H,1H3. The van der Waals surface area contributed by atoms with Crippen LogP contribution in [0.3, 0.4) is 0 Å². The van der Waals surface area contributed by atoms with E-state index < -0.39 is 0 Å². The molecule has 23 heavy (non-hydrogen) atoms. The number of aryl methyl sites for hydroxylation is 1. The van der Waals surface area contributed by atoms with Crippen LogP contribution in [0.5, 0.6) is 5.75 Å². The zero-order chi connectivity index (χ0) is 16.2. The molecular formula is C19H15IN2O. The van der Waals surface area contributed by atoms with Gasteiger partial charge in [0.15, 0.2) is 0 Å². The summed E-state index contributed by atoms with van der Waals surface area (Å²) in [5, 5.41) is 18.5. The number of aromatic hydroxyl groups is 1. The molecule has 3 aromatic carbocycles. The fraction of sp³-hybridized carbons (Fsp3) is 0.0526. The topological polar surface area (TPSA) is 45.0 Å². The molecular weight excluding hydrogens is 399 g/mol. The van der Waals surface area contributed by atoms with Crippen LogP contribution in [0.25, 0.3) is 11.1 Å². The molecule has 0 unspecified atom stereocenters. The van der Waals surface area contributed by atoms with E-state index in [-0.39, 0.29) is 5.75 Å². The first kappa shape index (κ1) is 15.7. The lowest BCUT2D eigenvalue weighted by Crippen LogP contribution is -1.82. The number of benzene rings is 3. The number of nitrogens with zero attached hydrogens (tertiary/aromatic N) is 2. The van der Waals surface area contributed by atoms with Gasteiger partial charge in [0.25, 0.3) is 0 Å². The predicted octanol–water partition coefficient (Wildman–Crippen LogP) is 6.39. The van der Waals surface area contributed by atoms with Gasteiger partial charge in [-0.05, 0) is 64.9 Å². The second-order valence-corrected chi connectivity index (χ2v) is 6.35. The lowest BCUT2D eigenvalue weighted by atomic mass is 10.0. The summed E-state index contributed by atoms with van der Waals surface area (Å²) in [5.74, 6) is 0.131. The molecule has 0 amide bonds. The summed E-state index contributed by atoms with van der Waals surface area (Å²) >= 11 is 2.32. The van der Waals surface area contributed by atoms with Crippen molar-refractivity contribution in [1.29, 1.82) is 0 Å². The number of hydrogen-bond donors (Lipinski definition) is 1. The van der Waals surface area contributed by atoms with Crippen LogP contribution in [-0.4, -0.2) is 5.11 Å². The van der Waals surface area contributed by atoms with Crippen molar-refractivity contribution in [3.8, 4) is 16.9 Å². The van der Waals surface area contributed by atoms with Crippen LogP contribution in [0.15, 0.2) is 77.0 Å². The smallest absolute Gasteiger partial charge is 0.143 e. The Morgan fingerprint density at radius 3 is 2.22 bits per heavy atom. The Labute approximate surface area is 148 Å². The van der Waals surface area contributed by atoms with Crippen molar-refractivity contribution in [2.45, 2.75) is 6.92 Å². The van der Waals surface area contributed by atoms with E-state index in [9.17, 15) is 5.11 Å². The Balaban J connectivity index is 2.03. The summed E-state index contributed by atoms with van der Waals surface area (Å²) < 4.78 is 1.16. The molecule has 0 fully saturated rings. The van der Waals surface area contributed by atoms with Crippen molar-refractivity contribution >= 4 is 34.0 Å². The van der Waals surface area contributed by atoms with E-state index in [2.05, 4.69) is 45.0 Å². The highest BCUT2D eigenvalue weighted by atomic mass is 127. The molecule has 0 aliphatic rings. The van der Waals surface area contributed by atoms with Crippen molar-refractivity contribution in [3.05, 3.63) is 75.9 Å². The molecule has 0 aliphatic carbocycles. The Morgan fingerprint density at radius 2 is 1.43 bits per heavy atom. The lowest BCUT2D eigenvalue weighted by Gasteiger charge is -2.07. The van der Waals surface area contributed by atoms with E-state index >= 15 is 0 Å². The highest BCUT2D eigenvalue weighted by Gasteiger charge is 2.07. The van der Waals surface area contributed by atoms with Gasteiger partial charge in [-0.1, -0.05) is 42.5 Å². The Bertz CT molecular complexity index is 875. The van der Waals surface area contributed by atoms with Crippen molar-refractivity contribution in [3.63, 3.8) is 0 Å². The third kappa shape index (κ3) is 3.59. The molecule has 0 atom stereocenters. The van der Waals surface area contributed by atoms with Crippen molar-refractivity contribution < 1.29 is 5.11 Å². The predicted molar refractivity (Wildman–Crippen MR) is 102 cm³/mol. The highest BCUT2D eigenvalue weighted by Crippen LogP contribution is 2.35. The molecule has 1 N–H and O–H groups in total. The summed E-state index contributed by atoms with van der Waals surface area (Å²) in [6.45, 7) is 1.96. The van der Waals surface area contributed by atoms with Gasteiger partial charge in [-0.15, -0.1) is 10.2 Å². The first-order chi connectivity index (χ1) is 11.1. The normalized spacial score (nSPS) is 11.0. The molecule has 114 valence electrons. The minimum Gasteiger partial charge on any atom is -0.506 e. The minimum atomic E-state index is 0.131. The second-order valence-electron chi connectivity index (χ2n) is 5.19. The van der Waals surface area contributed by atoms with Gasteiger partial charge >= 0.3 is 0 Å². The van der Waals surface area contributed by atoms with Gasteiger partial charge in [0.1, 0.15) is 11.4 Å². The van der Waals surface area contributed by atoms with Gasteiger partial charge in [-0.25, -0.2) is 0 Å². The maximum absolute atomic E-state index is 9.89. The van der Waals surface area contributed by atoms with E-state index in [1.807, 2.05) is 55.5 Å². The Kier molecular flexibility index (Phi) is 4.71. The van der Waals surface area contributed by atoms with Crippen LogP contribution in [0.2, 0.25) is 0 Å². The number of rotatable bonds is 3. The van der Waals surface area contributed by atoms with Gasteiger partial charge < -0.3 is 5.11 Å². The zero-order valence-electron chi connectivity index (χ0n) is 12.6. The van der Waals surface area contributed by atoms with Gasteiger partial charge in [-0.2, -0.15) is 0 Å². The molecule has 0 aromatic heterocycles. The number of azo groups is 1. The fourth-order valence-electron chi connectivity index (χ4n) is 2.29. The quantitative estimate of drug-likeness (QED) is 0.392. The Hall–Kier alpha value is -2.21.